The first-order chi connectivity index (χ1) is 9.75. The van der Waals surface area contributed by atoms with Crippen LogP contribution in [-0.4, -0.2) is 15.8 Å². The molecule has 0 saturated carbocycles. The Bertz CT molecular complexity index is 877. The van der Waals surface area contributed by atoms with Crippen molar-refractivity contribution in [1.82, 2.24) is 9.97 Å². The molecule has 4 rings (SSSR count). The average molecular weight is 262 g/mol. The Morgan fingerprint density at radius 1 is 1.10 bits per heavy atom. The molecule has 0 bridgehead atoms. The number of Topliss-reactive ketones (excluding diaryl/α,β-unsaturated/α-hetero) is 1. The van der Waals surface area contributed by atoms with Crippen LogP contribution in [0.15, 0.2) is 55.1 Å². The summed E-state index contributed by atoms with van der Waals surface area (Å²) in [5.41, 5.74) is 3.20. The molecule has 2 aromatic heterocycles. The van der Waals surface area contributed by atoms with Crippen molar-refractivity contribution >= 4 is 16.8 Å². The number of nitrogens with zero attached hydrogens (tertiary/aromatic N) is 1. The summed E-state index contributed by atoms with van der Waals surface area (Å²) >= 11 is 0. The lowest BCUT2D eigenvalue weighted by molar-refractivity contribution is 0.101. The number of allylic oxidation sites excluding steroid dienone is 1. The van der Waals surface area contributed by atoms with Gasteiger partial charge in [0.05, 0.1) is 5.56 Å². The summed E-state index contributed by atoms with van der Waals surface area (Å²) in [5, 5.41) is 0.995. The number of nitrogens with one attached hydrogen (secondary N) is 1. The molecule has 3 aromatic rings. The number of rotatable bonds is 1. The van der Waals surface area contributed by atoms with E-state index in [1.54, 1.807) is 12.3 Å². The molecule has 0 aliphatic carbocycles. The molecule has 0 radical (unpaired) electrons. The maximum absolute atomic E-state index is 11.9. The largest absolute Gasteiger partial charge is 0.452 e. The summed E-state index contributed by atoms with van der Waals surface area (Å²) < 4.78 is 5.54. The van der Waals surface area contributed by atoms with E-state index in [9.17, 15) is 4.79 Å². The highest BCUT2D eigenvalue weighted by Crippen LogP contribution is 2.41. The summed E-state index contributed by atoms with van der Waals surface area (Å²) in [4.78, 5) is 19.3. The lowest BCUT2D eigenvalue weighted by Gasteiger charge is -2.05. The first-order valence-corrected chi connectivity index (χ1v) is 6.22. The third kappa shape index (κ3) is 1.36. The van der Waals surface area contributed by atoms with Crippen molar-refractivity contribution < 1.29 is 9.53 Å². The molecule has 0 unspecified atom stereocenters. The minimum atomic E-state index is -0.153. The van der Waals surface area contributed by atoms with Gasteiger partial charge in [0.15, 0.2) is 5.76 Å². The molecule has 0 atom stereocenters. The van der Waals surface area contributed by atoms with Crippen LogP contribution in [0.25, 0.3) is 22.2 Å². The van der Waals surface area contributed by atoms with Crippen LogP contribution in [0.3, 0.4) is 0 Å². The van der Waals surface area contributed by atoms with Gasteiger partial charge in [0.25, 0.3) is 0 Å². The van der Waals surface area contributed by atoms with Gasteiger partial charge in [-0.3, -0.25) is 4.79 Å². The first-order valence-electron chi connectivity index (χ1n) is 6.22. The summed E-state index contributed by atoms with van der Waals surface area (Å²) in [5.74, 6) is 0.595. The van der Waals surface area contributed by atoms with Gasteiger partial charge in [0.1, 0.15) is 11.4 Å². The Balaban J connectivity index is 2.01. The number of ether oxygens (including phenoxy) is 1. The summed E-state index contributed by atoms with van der Waals surface area (Å²) in [7, 11) is 0. The average Bonchev–Trinajstić information content (AvgIpc) is 3.02. The van der Waals surface area contributed by atoms with Crippen LogP contribution in [0.5, 0.6) is 5.75 Å². The van der Waals surface area contributed by atoms with Crippen LogP contribution in [0, 0.1) is 0 Å². The van der Waals surface area contributed by atoms with Gasteiger partial charge in [-0.15, -0.1) is 0 Å². The zero-order chi connectivity index (χ0) is 13.7. The lowest BCUT2D eigenvalue weighted by Crippen LogP contribution is -1.94. The highest BCUT2D eigenvalue weighted by atomic mass is 16.5. The fourth-order valence-electron chi connectivity index (χ4n) is 2.54. The quantitative estimate of drug-likeness (QED) is 0.684. The zero-order valence-corrected chi connectivity index (χ0v) is 10.5. The molecule has 0 spiro atoms. The van der Waals surface area contributed by atoms with E-state index in [0.717, 1.165) is 22.2 Å². The number of para-hydroxylation sites is 1. The fourth-order valence-corrected chi connectivity index (χ4v) is 2.54. The Kier molecular flexibility index (Phi) is 2.09. The van der Waals surface area contributed by atoms with E-state index in [1.165, 1.54) is 0 Å². The van der Waals surface area contributed by atoms with E-state index >= 15 is 0 Å². The van der Waals surface area contributed by atoms with Gasteiger partial charge in [-0.1, -0.05) is 18.7 Å². The third-order valence-electron chi connectivity index (χ3n) is 3.48. The number of aromatic nitrogens is 2. The molecule has 4 nitrogen and oxygen atoms in total. The molecule has 0 amide bonds. The van der Waals surface area contributed by atoms with Gasteiger partial charge in [0.2, 0.25) is 5.78 Å². The molecule has 1 aliphatic heterocycles. The Morgan fingerprint density at radius 3 is 2.85 bits per heavy atom. The van der Waals surface area contributed by atoms with Crippen molar-refractivity contribution in [3.05, 3.63) is 60.6 Å². The van der Waals surface area contributed by atoms with Crippen LogP contribution in [0.4, 0.5) is 0 Å². The summed E-state index contributed by atoms with van der Waals surface area (Å²) in [6.07, 6.45) is 3.61. The second-order valence-corrected chi connectivity index (χ2v) is 4.64. The van der Waals surface area contributed by atoms with Crippen molar-refractivity contribution in [2.75, 3.05) is 0 Å². The Labute approximate surface area is 114 Å². The molecule has 96 valence electrons. The van der Waals surface area contributed by atoms with Crippen LogP contribution in [0.1, 0.15) is 10.4 Å². The van der Waals surface area contributed by atoms with Crippen molar-refractivity contribution in [2.45, 2.75) is 0 Å². The number of ketones is 1. The molecule has 1 aromatic carbocycles. The van der Waals surface area contributed by atoms with E-state index in [-0.39, 0.29) is 11.5 Å². The Morgan fingerprint density at radius 2 is 1.95 bits per heavy atom. The van der Waals surface area contributed by atoms with Crippen molar-refractivity contribution in [1.29, 1.82) is 0 Å². The molecule has 3 heterocycles. The van der Waals surface area contributed by atoms with Gasteiger partial charge in [-0.25, -0.2) is 4.98 Å². The number of pyridine rings is 1. The highest BCUT2D eigenvalue weighted by Gasteiger charge is 2.28. The zero-order valence-electron chi connectivity index (χ0n) is 10.5. The minimum absolute atomic E-state index is 0.153. The first kappa shape index (κ1) is 11.0. The second-order valence-electron chi connectivity index (χ2n) is 4.64. The number of hydrogen-bond acceptors (Lipinski definition) is 3. The van der Waals surface area contributed by atoms with Gasteiger partial charge in [-0.2, -0.15) is 0 Å². The third-order valence-corrected chi connectivity index (χ3v) is 3.48. The molecule has 1 N–H and O–H groups in total. The van der Waals surface area contributed by atoms with Crippen molar-refractivity contribution in [3.63, 3.8) is 0 Å². The fraction of sp³-hybridized carbons (Fsp3) is 0. The number of H-pyrrole nitrogens is 1. The van der Waals surface area contributed by atoms with Gasteiger partial charge in [-0.05, 0) is 18.2 Å². The molecule has 20 heavy (non-hydrogen) atoms. The summed E-state index contributed by atoms with van der Waals surface area (Å²) in [6.45, 7) is 3.64. The number of benzene rings is 1. The number of hydrogen-bond donors (Lipinski definition) is 1. The number of carbonyl (C=O) groups is 1. The van der Waals surface area contributed by atoms with Gasteiger partial charge >= 0.3 is 0 Å². The maximum Gasteiger partial charge on any atom is 0.231 e. The number of carbonyl (C=O) groups excluding carboxylic acids is 1. The molecular weight excluding hydrogens is 252 g/mol. The normalized spacial score (nSPS) is 13.6. The molecule has 1 aliphatic rings. The SMILES string of the molecule is C=C1Oc2c(cccc2-c2c[nH]c3ncccc23)C1=O. The van der Waals surface area contributed by atoms with Crippen LogP contribution < -0.4 is 4.74 Å². The standard InChI is InChI=1S/C16H10N2O2/c1-9-14(19)12-5-2-4-10(15(12)20-9)13-8-18-16-11(13)6-3-7-17-16/h2-8H,1H2,(H,17,18). The van der Waals surface area contributed by atoms with Crippen molar-refractivity contribution in [2.24, 2.45) is 0 Å². The number of aromatic amines is 1. The van der Waals surface area contributed by atoms with Crippen LogP contribution in [-0.2, 0) is 0 Å². The predicted molar refractivity (Wildman–Crippen MR) is 75.6 cm³/mol. The molecule has 4 heteroatoms. The predicted octanol–water partition coefficient (Wildman–Crippen LogP) is 3.32. The second kappa shape index (κ2) is 3.81. The van der Waals surface area contributed by atoms with Gasteiger partial charge < -0.3 is 9.72 Å². The number of fused-ring (bicyclic) bond motifs is 2. The van der Waals surface area contributed by atoms with E-state index in [1.807, 2.05) is 30.5 Å². The van der Waals surface area contributed by atoms with Crippen molar-refractivity contribution in [3.8, 4) is 16.9 Å². The van der Waals surface area contributed by atoms with E-state index in [0.29, 0.717) is 11.3 Å². The van der Waals surface area contributed by atoms with E-state index in [2.05, 4.69) is 16.5 Å². The minimum Gasteiger partial charge on any atom is -0.452 e. The Hall–Kier alpha value is -2.88. The monoisotopic (exact) mass is 262 g/mol. The van der Waals surface area contributed by atoms with E-state index in [4.69, 9.17) is 4.74 Å². The molecule has 0 fully saturated rings. The van der Waals surface area contributed by atoms with Crippen LogP contribution in [0.2, 0.25) is 0 Å². The van der Waals surface area contributed by atoms with E-state index < -0.39 is 0 Å². The smallest absolute Gasteiger partial charge is 0.231 e. The summed E-state index contributed by atoms with van der Waals surface area (Å²) in [6, 6.07) is 9.41. The molecule has 0 saturated heterocycles. The highest BCUT2D eigenvalue weighted by molar-refractivity contribution is 6.14. The molecular formula is C16H10N2O2. The topological polar surface area (TPSA) is 55.0 Å². The lowest BCUT2D eigenvalue weighted by atomic mass is 10.0. The van der Waals surface area contributed by atoms with Crippen LogP contribution >= 0.6 is 0 Å². The maximum atomic E-state index is 11.9. The van der Waals surface area contributed by atoms with Gasteiger partial charge in [0, 0.05) is 28.9 Å².